The third-order valence-corrected chi connectivity index (χ3v) is 1.41. The lowest BCUT2D eigenvalue weighted by Gasteiger charge is -2.10. The summed E-state index contributed by atoms with van der Waals surface area (Å²) in [6.07, 6.45) is 1.08. The Morgan fingerprint density at radius 2 is 2.44 bits per heavy atom. The van der Waals surface area contributed by atoms with Crippen LogP contribution in [0.25, 0.3) is 0 Å². The maximum Gasteiger partial charge on any atom is 0.211 e. The molecular weight excluding hydrogens is 116 g/mol. The number of aliphatic imine (C=N–C) groups is 1. The molecule has 0 aromatic carbocycles. The van der Waals surface area contributed by atoms with Crippen molar-refractivity contribution in [2.45, 2.75) is 26.4 Å². The number of nitrogens with zero attached hydrogens (tertiary/aromatic N) is 2. The van der Waals surface area contributed by atoms with Crippen LogP contribution in [-0.4, -0.2) is 24.2 Å². The third-order valence-electron chi connectivity index (χ3n) is 1.41. The van der Waals surface area contributed by atoms with Crippen LogP contribution in [0.4, 0.5) is 0 Å². The SMILES string of the molecule is CCC1=NC(C)N(C)O1. The molecule has 0 bridgehead atoms. The van der Waals surface area contributed by atoms with Gasteiger partial charge in [-0.3, -0.25) is 0 Å². The van der Waals surface area contributed by atoms with Gasteiger partial charge in [0.15, 0.2) is 0 Å². The van der Waals surface area contributed by atoms with E-state index >= 15 is 0 Å². The highest BCUT2D eigenvalue weighted by Gasteiger charge is 2.18. The molecule has 1 heterocycles. The van der Waals surface area contributed by atoms with Crippen LogP contribution in [-0.2, 0) is 4.84 Å². The fourth-order valence-electron chi connectivity index (χ4n) is 0.712. The first-order chi connectivity index (χ1) is 4.24. The predicted molar refractivity (Wildman–Crippen MR) is 36.0 cm³/mol. The van der Waals surface area contributed by atoms with Gasteiger partial charge in [-0.2, -0.15) is 0 Å². The monoisotopic (exact) mass is 128 g/mol. The number of rotatable bonds is 1. The maximum atomic E-state index is 5.21. The molecule has 0 saturated heterocycles. The fraction of sp³-hybridized carbons (Fsp3) is 0.833. The second-order valence-electron chi connectivity index (χ2n) is 2.15. The summed E-state index contributed by atoms with van der Waals surface area (Å²) in [5.41, 5.74) is 0. The van der Waals surface area contributed by atoms with Crippen molar-refractivity contribution in [1.82, 2.24) is 5.06 Å². The van der Waals surface area contributed by atoms with E-state index in [-0.39, 0.29) is 6.17 Å². The topological polar surface area (TPSA) is 24.8 Å². The smallest absolute Gasteiger partial charge is 0.211 e. The summed E-state index contributed by atoms with van der Waals surface area (Å²) >= 11 is 0. The van der Waals surface area contributed by atoms with Crippen molar-refractivity contribution in [2.24, 2.45) is 4.99 Å². The summed E-state index contributed by atoms with van der Waals surface area (Å²) in [7, 11) is 1.89. The molecule has 0 saturated carbocycles. The number of hydroxylamine groups is 2. The molecule has 0 N–H and O–H groups in total. The zero-order valence-electron chi connectivity index (χ0n) is 6.09. The van der Waals surface area contributed by atoms with E-state index in [0.29, 0.717) is 0 Å². The van der Waals surface area contributed by atoms with Crippen LogP contribution in [0.5, 0.6) is 0 Å². The van der Waals surface area contributed by atoms with Crippen molar-refractivity contribution in [2.75, 3.05) is 7.05 Å². The van der Waals surface area contributed by atoms with Crippen molar-refractivity contribution in [3.63, 3.8) is 0 Å². The quantitative estimate of drug-likeness (QED) is 0.526. The van der Waals surface area contributed by atoms with Crippen LogP contribution in [0.2, 0.25) is 0 Å². The molecule has 0 aromatic heterocycles. The molecule has 1 aliphatic heterocycles. The van der Waals surface area contributed by atoms with Crippen LogP contribution in [0.3, 0.4) is 0 Å². The molecule has 3 nitrogen and oxygen atoms in total. The third kappa shape index (κ3) is 1.21. The van der Waals surface area contributed by atoms with Crippen molar-refractivity contribution in [3.05, 3.63) is 0 Å². The molecule has 0 amide bonds. The van der Waals surface area contributed by atoms with E-state index in [1.165, 1.54) is 0 Å². The highest BCUT2D eigenvalue weighted by atomic mass is 16.7. The fourth-order valence-corrected chi connectivity index (χ4v) is 0.712. The normalized spacial score (nSPS) is 27.9. The largest absolute Gasteiger partial charge is 0.389 e. The number of hydrogen-bond acceptors (Lipinski definition) is 3. The van der Waals surface area contributed by atoms with E-state index < -0.39 is 0 Å². The minimum atomic E-state index is 0.194. The Labute approximate surface area is 55.3 Å². The van der Waals surface area contributed by atoms with Gasteiger partial charge in [0, 0.05) is 13.5 Å². The van der Waals surface area contributed by atoms with Gasteiger partial charge in [0.1, 0.15) is 6.17 Å². The Bertz CT molecular complexity index is 133. The van der Waals surface area contributed by atoms with E-state index in [2.05, 4.69) is 4.99 Å². The minimum Gasteiger partial charge on any atom is -0.389 e. The Balaban J connectivity index is 2.52. The predicted octanol–water partition coefficient (Wildman–Crippen LogP) is 1.02. The standard InChI is InChI=1S/C6H12N2O/c1-4-6-7-5(2)8(3)9-6/h5H,4H2,1-3H3. The van der Waals surface area contributed by atoms with Crippen LogP contribution in [0.15, 0.2) is 4.99 Å². The lowest BCUT2D eigenvalue weighted by atomic mass is 10.5. The average molecular weight is 128 g/mol. The molecule has 0 spiro atoms. The molecule has 1 unspecified atom stereocenters. The van der Waals surface area contributed by atoms with Crippen molar-refractivity contribution < 1.29 is 4.84 Å². The molecule has 52 valence electrons. The molecule has 9 heavy (non-hydrogen) atoms. The molecule has 0 aromatic rings. The van der Waals surface area contributed by atoms with Crippen LogP contribution < -0.4 is 0 Å². The summed E-state index contributed by atoms with van der Waals surface area (Å²) in [5.74, 6) is 0.838. The van der Waals surface area contributed by atoms with Gasteiger partial charge in [-0.1, -0.05) is 6.92 Å². The highest BCUT2D eigenvalue weighted by molar-refractivity contribution is 5.76. The zero-order chi connectivity index (χ0) is 6.85. The van der Waals surface area contributed by atoms with Crippen LogP contribution in [0, 0.1) is 0 Å². The summed E-state index contributed by atoms with van der Waals surface area (Å²) in [4.78, 5) is 9.41. The minimum absolute atomic E-state index is 0.194. The molecule has 0 aliphatic carbocycles. The van der Waals surface area contributed by atoms with Gasteiger partial charge < -0.3 is 4.84 Å². The first kappa shape index (κ1) is 6.55. The zero-order valence-corrected chi connectivity index (χ0v) is 6.09. The Kier molecular flexibility index (Phi) is 1.71. The van der Waals surface area contributed by atoms with Gasteiger partial charge in [-0.25, -0.2) is 4.99 Å². The summed E-state index contributed by atoms with van der Waals surface area (Å²) in [6, 6.07) is 0. The van der Waals surface area contributed by atoms with E-state index in [9.17, 15) is 0 Å². The van der Waals surface area contributed by atoms with Crippen molar-refractivity contribution in [3.8, 4) is 0 Å². The van der Waals surface area contributed by atoms with Gasteiger partial charge in [0.2, 0.25) is 5.90 Å². The van der Waals surface area contributed by atoms with E-state index in [0.717, 1.165) is 12.3 Å². The first-order valence-corrected chi connectivity index (χ1v) is 3.21. The lowest BCUT2D eigenvalue weighted by Crippen LogP contribution is -2.21. The van der Waals surface area contributed by atoms with E-state index in [4.69, 9.17) is 4.84 Å². The molecule has 1 aliphatic rings. The van der Waals surface area contributed by atoms with E-state index in [1.54, 1.807) is 5.06 Å². The van der Waals surface area contributed by atoms with Crippen LogP contribution in [0.1, 0.15) is 20.3 Å². The van der Waals surface area contributed by atoms with Crippen molar-refractivity contribution in [1.29, 1.82) is 0 Å². The Morgan fingerprint density at radius 1 is 1.78 bits per heavy atom. The molecule has 1 atom stereocenters. The van der Waals surface area contributed by atoms with Crippen LogP contribution >= 0.6 is 0 Å². The van der Waals surface area contributed by atoms with Crippen molar-refractivity contribution >= 4 is 5.90 Å². The second-order valence-corrected chi connectivity index (χ2v) is 2.15. The Morgan fingerprint density at radius 3 is 2.67 bits per heavy atom. The molecule has 0 radical (unpaired) electrons. The van der Waals surface area contributed by atoms with Gasteiger partial charge in [-0.05, 0) is 6.92 Å². The average Bonchev–Trinajstić information content (AvgIpc) is 2.13. The summed E-state index contributed by atoms with van der Waals surface area (Å²) in [6.45, 7) is 4.04. The Hall–Kier alpha value is -0.570. The molecular formula is C6H12N2O. The van der Waals surface area contributed by atoms with Gasteiger partial charge in [-0.15, -0.1) is 5.06 Å². The molecule has 0 fully saturated rings. The van der Waals surface area contributed by atoms with Gasteiger partial charge in [0.05, 0.1) is 0 Å². The highest BCUT2D eigenvalue weighted by Crippen LogP contribution is 2.09. The second kappa shape index (κ2) is 2.35. The first-order valence-electron chi connectivity index (χ1n) is 3.21. The van der Waals surface area contributed by atoms with E-state index in [1.807, 2.05) is 20.9 Å². The van der Waals surface area contributed by atoms with Gasteiger partial charge in [0.25, 0.3) is 0 Å². The van der Waals surface area contributed by atoms with Gasteiger partial charge >= 0.3 is 0 Å². The summed E-state index contributed by atoms with van der Waals surface area (Å²) < 4.78 is 0. The number of hydrogen-bond donors (Lipinski definition) is 0. The molecule has 1 rings (SSSR count). The molecule has 3 heteroatoms. The summed E-state index contributed by atoms with van der Waals surface area (Å²) in [5, 5.41) is 1.75. The maximum absolute atomic E-state index is 5.21. The lowest BCUT2D eigenvalue weighted by molar-refractivity contribution is -0.0527.